The topological polar surface area (TPSA) is 8.17 Å². The molecule has 0 saturated carbocycles. The first-order chi connectivity index (χ1) is 20.8. The van der Waals surface area contributed by atoms with Crippen molar-refractivity contribution < 1.29 is 0 Å². The molecular formula is C40H35BrN2. The van der Waals surface area contributed by atoms with Gasteiger partial charge in [-0.3, -0.25) is 0 Å². The van der Waals surface area contributed by atoms with Crippen molar-refractivity contribution in [2.45, 2.75) is 37.1 Å². The van der Waals surface area contributed by atoms with Crippen molar-refractivity contribution in [2.24, 2.45) is 0 Å². The van der Waals surface area contributed by atoms with Crippen LogP contribution in [0.4, 0.5) is 11.4 Å². The van der Waals surface area contributed by atoms with Crippen LogP contribution in [0.5, 0.6) is 0 Å². The van der Waals surface area contributed by atoms with Crippen LogP contribution in [0.2, 0.25) is 0 Å². The number of anilines is 2. The fourth-order valence-electron chi connectivity index (χ4n) is 6.36. The van der Waals surface area contributed by atoms with E-state index in [9.17, 15) is 0 Å². The van der Waals surface area contributed by atoms with Gasteiger partial charge in [0.05, 0.1) is 11.0 Å². The number of rotatable bonds is 5. The molecule has 5 aromatic carbocycles. The van der Waals surface area contributed by atoms with Gasteiger partial charge in [0.1, 0.15) is 4.45 Å². The number of hydrogen-bond acceptors (Lipinski definition) is 1. The van der Waals surface area contributed by atoms with Crippen LogP contribution in [-0.2, 0) is 5.41 Å². The van der Waals surface area contributed by atoms with Gasteiger partial charge in [-0.1, -0.05) is 134 Å². The number of fused-ring (bicyclic) bond motifs is 3. The number of hydrogen-bond donors (Lipinski definition) is 0. The molecule has 0 spiro atoms. The standard InChI is InChI=1S/C40H35BrN2/c1-39(2,3)31-22-24-32(25-23-31)43(40(41)26-12-15-30(28-40)29-13-5-4-6-14-29)34-17-11-16-33(27-34)42-37-20-9-7-18-35(37)36-19-8-10-21-38(36)42/h4-27H,28H2,1-3H3. The van der Waals surface area contributed by atoms with Crippen molar-refractivity contribution in [2.75, 3.05) is 4.90 Å². The predicted octanol–water partition coefficient (Wildman–Crippen LogP) is 11.4. The second-order valence-corrected chi connectivity index (χ2v) is 13.8. The molecule has 1 heterocycles. The van der Waals surface area contributed by atoms with Crippen LogP contribution in [0.15, 0.2) is 146 Å². The Morgan fingerprint density at radius 3 is 1.95 bits per heavy atom. The van der Waals surface area contributed by atoms with Gasteiger partial charge in [0.2, 0.25) is 0 Å². The van der Waals surface area contributed by atoms with Crippen molar-refractivity contribution in [3.63, 3.8) is 0 Å². The molecule has 3 heteroatoms. The molecular weight excluding hydrogens is 588 g/mol. The van der Waals surface area contributed by atoms with E-state index in [0.29, 0.717) is 0 Å². The molecule has 0 aliphatic heterocycles. The minimum atomic E-state index is -0.463. The summed E-state index contributed by atoms with van der Waals surface area (Å²) in [6, 6.07) is 46.1. The minimum Gasteiger partial charge on any atom is -0.322 e. The molecule has 1 aromatic heterocycles. The van der Waals surface area contributed by atoms with Gasteiger partial charge in [-0.2, -0.15) is 0 Å². The lowest BCUT2D eigenvalue weighted by Gasteiger charge is -2.41. The Morgan fingerprint density at radius 2 is 1.30 bits per heavy atom. The van der Waals surface area contributed by atoms with Crippen LogP contribution in [0, 0.1) is 0 Å². The zero-order valence-corrected chi connectivity index (χ0v) is 26.4. The number of alkyl halides is 1. The van der Waals surface area contributed by atoms with Gasteiger partial charge in [0, 0.05) is 34.3 Å². The third-order valence-corrected chi connectivity index (χ3v) is 9.42. The molecule has 0 saturated heterocycles. The van der Waals surface area contributed by atoms with Crippen molar-refractivity contribution in [1.29, 1.82) is 0 Å². The van der Waals surface area contributed by atoms with E-state index in [1.165, 1.54) is 38.5 Å². The molecule has 7 rings (SSSR count). The molecule has 1 atom stereocenters. The maximum atomic E-state index is 4.28. The average molecular weight is 624 g/mol. The van der Waals surface area contributed by atoms with Crippen molar-refractivity contribution in [1.82, 2.24) is 4.57 Å². The first-order valence-corrected chi connectivity index (χ1v) is 15.7. The smallest absolute Gasteiger partial charge is 0.123 e. The highest BCUT2D eigenvalue weighted by atomic mass is 79.9. The van der Waals surface area contributed by atoms with Gasteiger partial charge in [-0.05, 0) is 70.7 Å². The summed E-state index contributed by atoms with van der Waals surface area (Å²) in [6.07, 6.45) is 7.52. The molecule has 0 radical (unpaired) electrons. The number of nitrogens with zero attached hydrogens (tertiary/aromatic N) is 2. The zero-order valence-electron chi connectivity index (χ0n) is 24.8. The first-order valence-electron chi connectivity index (χ1n) is 14.9. The van der Waals surface area contributed by atoms with Gasteiger partial charge in [0.25, 0.3) is 0 Å². The Morgan fingerprint density at radius 1 is 0.674 bits per heavy atom. The molecule has 2 nitrogen and oxygen atoms in total. The average Bonchev–Trinajstić information content (AvgIpc) is 3.36. The quantitative estimate of drug-likeness (QED) is 0.137. The normalized spacial score (nSPS) is 16.9. The third kappa shape index (κ3) is 5.02. The molecule has 0 N–H and O–H groups in total. The van der Waals surface area contributed by atoms with E-state index in [1.807, 2.05) is 0 Å². The highest BCUT2D eigenvalue weighted by molar-refractivity contribution is 9.10. The van der Waals surface area contributed by atoms with E-state index in [2.05, 4.69) is 192 Å². The zero-order chi connectivity index (χ0) is 29.6. The molecule has 1 aliphatic carbocycles. The molecule has 6 aromatic rings. The Bertz CT molecular complexity index is 1940. The van der Waals surface area contributed by atoms with E-state index >= 15 is 0 Å². The lowest BCUT2D eigenvalue weighted by Crippen LogP contribution is -2.40. The fraction of sp³-hybridized carbons (Fsp3) is 0.150. The Kier molecular flexibility index (Phi) is 6.86. The maximum Gasteiger partial charge on any atom is 0.123 e. The van der Waals surface area contributed by atoms with E-state index in [-0.39, 0.29) is 5.41 Å². The summed E-state index contributed by atoms with van der Waals surface area (Å²) < 4.78 is 1.93. The van der Waals surface area contributed by atoms with Crippen LogP contribution >= 0.6 is 15.9 Å². The number of allylic oxidation sites excluding steroid dienone is 2. The van der Waals surface area contributed by atoms with Crippen molar-refractivity contribution in [3.8, 4) is 5.69 Å². The molecule has 0 amide bonds. The summed E-state index contributed by atoms with van der Waals surface area (Å²) in [5.41, 5.74) is 9.78. The van der Waals surface area contributed by atoms with Crippen LogP contribution in [0.1, 0.15) is 38.3 Å². The van der Waals surface area contributed by atoms with E-state index < -0.39 is 4.45 Å². The minimum absolute atomic E-state index is 0.0832. The Labute approximate surface area is 262 Å². The molecule has 1 aliphatic rings. The number of para-hydroxylation sites is 2. The summed E-state index contributed by atoms with van der Waals surface area (Å²) >= 11 is 4.28. The summed E-state index contributed by atoms with van der Waals surface area (Å²) in [5.74, 6) is 0. The van der Waals surface area contributed by atoms with E-state index in [1.54, 1.807) is 0 Å². The van der Waals surface area contributed by atoms with Gasteiger partial charge in [-0.25, -0.2) is 0 Å². The lowest BCUT2D eigenvalue weighted by molar-refractivity contribution is 0.590. The number of aromatic nitrogens is 1. The van der Waals surface area contributed by atoms with E-state index in [4.69, 9.17) is 0 Å². The highest BCUT2D eigenvalue weighted by Crippen LogP contribution is 2.46. The van der Waals surface area contributed by atoms with E-state index in [0.717, 1.165) is 23.5 Å². The molecule has 43 heavy (non-hydrogen) atoms. The van der Waals surface area contributed by atoms with Crippen LogP contribution in [-0.4, -0.2) is 9.02 Å². The molecule has 0 fully saturated rings. The first kappa shape index (κ1) is 27.5. The summed E-state index contributed by atoms with van der Waals surface area (Å²) in [5, 5.41) is 2.53. The Balaban J connectivity index is 1.39. The summed E-state index contributed by atoms with van der Waals surface area (Å²) in [4.78, 5) is 2.45. The summed E-state index contributed by atoms with van der Waals surface area (Å²) in [7, 11) is 0. The van der Waals surface area contributed by atoms with Gasteiger partial charge in [0.15, 0.2) is 0 Å². The highest BCUT2D eigenvalue weighted by Gasteiger charge is 2.36. The van der Waals surface area contributed by atoms with Crippen LogP contribution < -0.4 is 4.90 Å². The molecule has 0 bridgehead atoms. The summed E-state index contributed by atoms with van der Waals surface area (Å²) in [6.45, 7) is 6.80. The maximum absolute atomic E-state index is 4.28. The second-order valence-electron chi connectivity index (χ2n) is 12.4. The second kappa shape index (κ2) is 10.7. The monoisotopic (exact) mass is 622 g/mol. The SMILES string of the molecule is CC(C)(C)c1ccc(N(c2cccc(-n3c4ccccc4c4ccccc43)c2)C2(Br)C=CC=C(c3ccccc3)C2)cc1. The molecule has 1 unspecified atom stereocenters. The van der Waals surface area contributed by atoms with Crippen LogP contribution in [0.3, 0.4) is 0 Å². The predicted molar refractivity (Wildman–Crippen MR) is 188 cm³/mol. The van der Waals surface area contributed by atoms with Crippen LogP contribution in [0.25, 0.3) is 33.1 Å². The van der Waals surface area contributed by atoms with Gasteiger partial charge >= 0.3 is 0 Å². The fourth-order valence-corrected chi connectivity index (χ4v) is 7.23. The van der Waals surface area contributed by atoms with Gasteiger partial charge < -0.3 is 9.47 Å². The lowest BCUT2D eigenvalue weighted by atomic mass is 9.87. The number of halogens is 1. The Hall–Kier alpha value is -4.34. The largest absolute Gasteiger partial charge is 0.322 e. The number of benzene rings is 5. The van der Waals surface area contributed by atoms with Crippen molar-refractivity contribution in [3.05, 3.63) is 157 Å². The molecule has 212 valence electrons. The third-order valence-electron chi connectivity index (χ3n) is 8.52. The van der Waals surface area contributed by atoms with Gasteiger partial charge in [-0.15, -0.1) is 0 Å². The van der Waals surface area contributed by atoms with Crippen molar-refractivity contribution >= 4 is 54.7 Å².